The maximum Gasteiger partial charge on any atom is 0.255 e. The van der Waals surface area contributed by atoms with Crippen LogP contribution in [0, 0.1) is 13.8 Å². The van der Waals surface area contributed by atoms with Crippen molar-refractivity contribution in [1.29, 1.82) is 0 Å². The standard InChI is InChI=1S/C24H26N2O5/c1-5-28-23-11-18-9-14(2)30-22(18)12-21(23)25-24(27)17-7-6-8-19(10-17)29-13-20-15(3)26-31-16(20)4/h6-8,10-12,14H,5,9,13H2,1-4H3,(H,25,27). The van der Waals surface area contributed by atoms with Crippen molar-refractivity contribution in [3.63, 3.8) is 0 Å². The number of carbonyl (C=O) groups is 1. The number of carbonyl (C=O) groups excluding carboxylic acids is 1. The predicted octanol–water partition coefficient (Wildman–Crippen LogP) is 4.84. The third-order valence-corrected chi connectivity index (χ3v) is 5.21. The van der Waals surface area contributed by atoms with Gasteiger partial charge in [0.2, 0.25) is 0 Å². The van der Waals surface area contributed by atoms with Crippen molar-refractivity contribution in [3.8, 4) is 17.2 Å². The van der Waals surface area contributed by atoms with Crippen LogP contribution >= 0.6 is 0 Å². The van der Waals surface area contributed by atoms with E-state index >= 15 is 0 Å². The van der Waals surface area contributed by atoms with E-state index in [4.69, 9.17) is 18.7 Å². The van der Waals surface area contributed by atoms with Gasteiger partial charge in [0.05, 0.1) is 23.6 Å². The highest BCUT2D eigenvalue weighted by atomic mass is 16.5. The van der Waals surface area contributed by atoms with Gasteiger partial charge in [0.25, 0.3) is 5.91 Å². The summed E-state index contributed by atoms with van der Waals surface area (Å²) in [5, 5.41) is 6.88. The lowest BCUT2D eigenvalue weighted by atomic mass is 10.1. The molecule has 1 aromatic heterocycles. The Kier molecular flexibility index (Phi) is 5.84. The number of rotatable bonds is 7. The maximum atomic E-state index is 12.9. The van der Waals surface area contributed by atoms with Crippen LogP contribution in [0.4, 0.5) is 5.69 Å². The summed E-state index contributed by atoms with van der Waals surface area (Å²) in [5.74, 6) is 2.47. The zero-order chi connectivity index (χ0) is 22.0. The second kappa shape index (κ2) is 8.71. The molecule has 1 aliphatic rings. The molecule has 0 spiro atoms. The molecular weight excluding hydrogens is 396 g/mol. The number of nitrogens with one attached hydrogen (secondary N) is 1. The summed E-state index contributed by atoms with van der Waals surface area (Å²) >= 11 is 0. The number of hydrogen-bond acceptors (Lipinski definition) is 6. The first-order valence-corrected chi connectivity index (χ1v) is 10.4. The maximum absolute atomic E-state index is 12.9. The Balaban J connectivity index is 1.50. The number of hydrogen-bond donors (Lipinski definition) is 1. The summed E-state index contributed by atoms with van der Waals surface area (Å²) in [6.45, 7) is 8.48. The Morgan fingerprint density at radius 1 is 1.23 bits per heavy atom. The third-order valence-electron chi connectivity index (χ3n) is 5.21. The van der Waals surface area contributed by atoms with Crippen LogP contribution in [0.5, 0.6) is 17.2 Å². The monoisotopic (exact) mass is 422 g/mol. The van der Waals surface area contributed by atoms with Gasteiger partial charge in [-0.15, -0.1) is 0 Å². The summed E-state index contributed by atoms with van der Waals surface area (Å²) < 4.78 is 22.6. The molecule has 1 unspecified atom stereocenters. The summed E-state index contributed by atoms with van der Waals surface area (Å²) in [6.07, 6.45) is 0.940. The van der Waals surface area contributed by atoms with Gasteiger partial charge < -0.3 is 24.1 Å². The fourth-order valence-electron chi connectivity index (χ4n) is 3.60. The molecule has 162 valence electrons. The van der Waals surface area contributed by atoms with Crippen LogP contribution < -0.4 is 19.5 Å². The minimum Gasteiger partial charge on any atom is -0.492 e. The molecule has 0 fully saturated rings. The molecule has 0 radical (unpaired) electrons. The summed E-state index contributed by atoms with van der Waals surface area (Å²) in [4.78, 5) is 12.9. The number of fused-ring (bicyclic) bond motifs is 1. The van der Waals surface area contributed by atoms with E-state index in [1.807, 2.05) is 45.9 Å². The highest BCUT2D eigenvalue weighted by Gasteiger charge is 2.23. The van der Waals surface area contributed by atoms with Gasteiger partial charge in [-0.25, -0.2) is 0 Å². The van der Waals surface area contributed by atoms with Gasteiger partial charge in [-0.3, -0.25) is 4.79 Å². The summed E-state index contributed by atoms with van der Waals surface area (Å²) in [6, 6.07) is 10.8. The van der Waals surface area contributed by atoms with Crippen molar-refractivity contribution in [2.24, 2.45) is 0 Å². The number of benzene rings is 2. The number of anilines is 1. The molecule has 7 heteroatoms. The van der Waals surface area contributed by atoms with Crippen LogP contribution in [0.15, 0.2) is 40.9 Å². The fourth-order valence-corrected chi connectivity index (χ4v) is 3.60. The molecule has 4 rings (SSSR count). The quantitative estimate of drug-likeness (QED) is 0.586. The molecule has 1 N–H and O–H groups in total. The SMILES string of the molecule is CCOc1cc2c(cc1NC(=O)c1cccc(OCc3c(C)noc3C)c1)OC(C)C2. The minimum absolute atomic E-state index is 0.113. The average Bonchev–Trinajstić information content (AvgIpc) is 3.27. The largest absolute Gasteiger partial charge is 0.492 e. The highest BCUT2D eigenvalue weighted by Crippen LogP contribution is 2.38. The van der Waals surface area contributed by atoms with Gasteiger partial charge in [0.1, 0.15) is 35.7 Å². The van der Waals surface area contributed by atoms with Gasteiger partial charge in [-0.2, -0.15) is 0 Å². The first-order valence-electron chi connectivity index (χ1n) is 10.4. The first kappa shape index (κ1) is 20.8. The Labute approximate surface area is 181 Å². The van der Waals surface area contributed by atoms with Crippen molar-refractivity contribution in [2.75, 3.05) is 11.9 Å². The smallest absolute Gasteiger partial charge is 0.255 e. The van der Waals surface area contributed by atoms with E-state index in [1.165, 1.54) is 0 Å². The van der Waals surface area contributed by atoms with E-state index in [0.29, 0.717) is 36.0 Å². The normalized spacial score (nSPS) is 14.6. The van der Waals surface area contributed by atoms with E-state index in [9.17, 15) is 4.79 Å². The minimum atomic E-state index is -0.255. The molecule has 0 saturated heterocycles. The molecule has 31 heavy (non-hydrogen) atoms. The number of nitrogens with zero attached hydrogens (tertiary/aromatic N) is 1. The molecular formula is C24H26N2O5. The van der Waals surface area contributed by atoms with Crippen LogP contribution in [0.25, 0.3) is 0 Å². The van der Waals surface area contributed by atoms with E-state index in [2.05, 4.69) is 10.5 Å². The Bertz CT molecular complexity index is 1090. The fraction of sp³-hybridized carbons (Fsp3) is 0.333. The molecule has 0 bridgehead atoms. The zero-order valence-corrected chi connectivity index (χ0v) is 18.2. The molecule has 2 heterocycles. The van der Waals surface area contributed by atoms with Crippen molar-refractivity contribution in [2.45, 2.75) is 46.8 Å². The van der Waals surface area contributed by atoms with E-state index in [1.54, 1.807) is 18.2 Å². The second-order valence-electron chi connectivity index (χ2n) is 7.60. The molecule has 0 saturated carbocycles. The summed E-state index contributed by atoms with van der Waals surface area (Å²) in [7, 11) is 0. The Morgan fingerprint density at radius 3 is 2.81 bits per heavy atom. The molecule has 1 aliphatic heterocycles. The highest BCUT2D eigenvalue weighted by molar-refractivity contribution is 6.05. The zero-order valence-electron chi connectivity index (χ0n) is 18.2. The number of aromatic nitrogens is 1. The Morgan fingerprint density at radius 2 is 2.06 bits per heavy atom. The third kappa shape index (κ3) is 4.50. The average molecular weight is 422 g/mol. The molecule has 0 aliphatic carbocycles. The van der Waals surface area contributed by atoms with E-state index in [-0.39, 0.29) is 12.0 Å². The lowest BCUT2D eigenvalue weighted by molar-refractivity contribution is 0.102. The van der Waals surface area contributed by atoms with Crippen molar-refractivity contribution in [1.82, 2.24) is 5.16 Å². The lowest BCUT2D eigenvalue weighted by Crippen LogP contribution is -2.13. The summed E-state index contributed by atoms with van der Waals surface area (Å²) in [5.41, 5.74) is 3.85. The van der Waals surface area contributed by atoms with Crippen LogP contribution in [0.2, 0.25) is 0 Å². The number of amides is 1. The van der Waals surface area contributed by atoms with Gasteiger partial charge in [-0.05, 0) is 52.0 Å². The van der Waals surface area contributed by atoms with Crippen molar-refractivity contribution >= 4 is 11.6 Å². The number of ether oxygens (including phenoxy) is 3. The van der Waals surface area contributed by atoms with Gasteiger partial charge in [0.15, 0.2) is 0 Å². The second-order valence-corrected chi connectivity index (χ2v) is 7.60. The van der Waals surface area contributed by atoms with Gasteiger partial charge >= 0.3 is 0 Å². The van der Waals surface area contributed by atoms with E-state index < -0.39 is 0 Å². The van der Waals surface area contributed by atoms with Crippen LogP contribution in [-0.4, -0.2) is 23.8 Å². The number of aryl methyl sites for hydroxylation is 2. The van der Waals surface area contributed by atoms with Crippen molar-refractivity contribution < 1.29 is 23.5 Å². The molecule has 1 amide bonds. The van der Waals surface area contributed by atoms with Gasteiger partial charge in [0, 0.05) is 23.6 Å². The van der Waals surface area contributed by atoms with E-state index in [0.717, 1.165) is 34.8 Å². The molecule has 3 aromatic rings. The molecule has 7 nitrogen and oxygen atoms in total. The van der Waals surface area contributed by atoms with Crippen molar-refractivity contribution in [3.05, 3.63) is 64.5 Å². The van der Waals surface area contributed by atoms with Crippen LogP contribution in [0.1, 0.15) is 46.8 Å². The molecule has 1 atom stereocenters. The Hall–Kier alpha value is -3.48. The van der Waals surface area contributed by atoms with Crippen LogP contribution in [0.3, 0.4) is 0 Å². The van der Waals surface area contributed by atoms with Gasteiger partial charge in [-0.1, -0.05) is 11.2 Å². The molecule has 2 aromatic carbocycles. The predicted molar refractivity (Wildman–Crippen MR) is 116 cm³/mol. The lowest BCUT2D eigenvalue weighted by Gasteiger charge is -2.14. The van der Waals surface area contributed by atoms with Crippen LogP contribution in [-0.2, 0) is 13.0 Å². The topological polar surface area (TPSA) is 82.8 Å². The first-order chi connectivity index (χ1) is 14.9.